The van der Waals surface area contributed by atoms with Crippen LogP contribution in [-0.4, -0.2) is 50.8 Å². The Bertz CT molecular complexity index is 824. The number of nitrogens with one attached hydrogen (secondary N) is 2. The number of hydrogen-bond donors (Lipinski definition) is 2. The van der Waals surface area contributed by atoms with Crippen LogP contribution in [0.3, 0.4) is 0 Å². The van der Waals surface area contributed by atoms with Crippen LogP contribution in [0.25, 0.3) is 0 Å². The molecular weight excluding hydrogens is 525 g/mol. The van der Waals surface area contributed by atoms with Crippen LogP contribution in [0.1, 0.15) is 35.3 Å². The normalized spacial score (nSPS) is 14.7. The van der Waals surface area contributed by atoms with E-state index in [2.05, 4.69) is 46.5 Å². The highest BCUT2D eigenvalue weighted by Crippen LogP contribution is 2.30. The van der Waals surface area contributed by atoms with Crippen LogP contribution in [-0.2, 0) is 6.54 Å². The molecule has 0 saturated carbocycles. The lowest BCUT2D eigenvalue weighted by Gasteiger charge is -2.34. The minimum Gasteiger partial charge on any atom is -0.497 e. The van der Waals surface area contributed by atoms with Crippen molar-refractivity contribution in [3.05, 3.63) is 33.8 Å². The summed E-state index contributed by atoms with van der Waals surface area (Å²) in [5.74, 6) is 2.50. The van der Waals surface area contributed by atoms with E-state index in [-0.39, 0.29) is 24.0 Å². The summed E-state index contributed by atoms with van der Waals surface area (Å²) in [4.78, 5) is 13.0. The van der Waals surface area contributed by atoms with Crippen LogP contribution >= 0.6 is 35.3 Å². The third-order valence-electron chi connectivity index (χ3n) is 5.33. The van der Waals surface area contributed by atoms with Gasteiger partial charge in [-0.3, -0.25) is 0 Å². The molecule has 1 aromatic heterocycles. The van der Waals surface area contributed by atoms with Gasteiger partial charge < -0.3 is 25.0 Å². The lowest BCUT2D eigenvalue weighted by atomic mass is 10.0. The molecule has 0 aliphatic carbocycles. The molecule has 0 amide bonds. The molecule has 9 heteroatoms. The van der Waals surface area contributed by atoms with Gasteiger partial charge >= 0.3 is 0 Å². The topological polar surface area (TPSA) is 71.0 Å². The Labute approximate surface area is 206 Å². The van der Waals surface area contributed by atoms with Gasteiger partial charge in [-0.2, -0.15) is 0 Å². The zero-order valence-electron chi connectivity index (χ0n) is 19.0. The predicted molar refractivity (Wildman–Crippen MR) is 140 cm³/mol. The Balaban J connectivity index is 0.00000341. The number of halogens is 1. The minimum atomic E-state index is 0. The number of methoxy groups -OCH3 is 2. The average molecular weight is 560 g/mol. The summed E-state index contributed by atoms with van der Waals surface area (Å²) < 4.78 is 10.8. The number of anilines is 1. The fourth-order valence-electron chi connectivity index (χ4n) is 3.52. The molecule has 31 heavy (non-hydrogen) atoms. The fraction of sp³-hybridized carbons (Fsp3) is 0.545. The van der Waals surface area contributed by atoms with Crippen LogP contribution in [0.5, 0.6) is 11.5 Å². The number of ether oxygens (including phenoxy) is 2. The van der Waals surface area contributed by atoms with Gasteiger partial charge in [0.2, 0.25) is 0 Å². The largest absolute Gasteiger partial charge is 0.497 e. The first-order chi connectivity index (χ1) is 14.5. The standard InChI is InChI=1S/C22H33N5O2S.HI/c1-6-23-22(24-14-21-25-15(2)16(3)30-21)26-17-7-9-27(10-8-17)18-11-19(28-4)13-20(12-18)29-5;/h11-13,17H,6-10,14H2,1-5H3,(H2,23,24,26);1H. The van der Waals surface area contributed by atoms with E-state index in [0.29, 0.717) is 12.6 Å². The molecule has 0 bridgehead atoms. The number of aromatic nitrogens is 1. The summed E-state index contributed by atoms with van der Waals surface area (Å²) >= 11 is 1.72. The van der Waals surface area contributed by atoms with Crippen molar-refractivity contribution in [3.63, 3.8) is 0 Å². The number of rotatable bonds is 7. The minimum absolute atomic E-state index is 0. The zero-order chi connectivity index (χ0) is 21.5. The van der Waals surface area contributed by atoms with Crippen molar-refractivity contribution in [2.45, 2.75) is 46.2 Å². The van der Waals surface area contributed by atoms with Crippen LogP contribution < -0.4 is 25.0 Å². The lowest BCUT2D eigenvalue weighted by molar-refractivity contribution is 0.393. The fourth-order valence-corrected chi connectivity index (χ4v) is 4.38. The first kappa shape index (κ1) is 25.5. The Morgan fingerprint density at radius 1 is 1.16 bits per heavy atom. The summed E-state index contributed by atoms with van der Waals surface area (Å²) in [6.45, 7) is 9.63. The van der Waals surface area contributed by atoms with E-state index < -0.39 is 0 Å². The zero-order valence-corrected chi connectivity index (χ0v) is 22.2. The first-order valence-corrected chi connectivity index (χ1v) is 11.3. The van der Waals surface area contributed by atoms with Gasteiger partial charge in [0.05, 0.1) is 26.5 Å². The molecule has 1 saturated heterocycles. The molecule has 2 heterocycles. The highest BCUT2D eigenvalue weighted by molar-refractivity contribution is 14.0. The maximum atomic E-state index is 5.41. The van der Waals surface area contributed by atoms with Crippen molar-refractivity contribution < 1.29 is 9.47 Å². The Morgan fingerprint density at radius 3 is 2.32 bits per heavy atom. The number of aliphatic imine (C=N–C) groups is 1. The summed E-state index contributed by atoms with van der Waals surface area (Å²) in [5.41, 5.74) is 2.24. The SMILES string of the molecule is CCNC(=NCc1nc(C)c(C)s1)NC1CCN(c2cc(OC)cc(OC)c2)CC1.I. The Kier molecular flexibility index (Phi) is 10.1. The molecule has 3 rings (SSSR count). The van der Waals surface area contributed by atoms with Crippen molar-refractivity contribution in [1.29, 1.82) is 0 Å². The highest BCUT2D eigenvalue weighted by atomic mass is 127. The second-order valence-electron chi connectivity index (χ2n) is 7.42. The number of thiazole rings is 1. The van der Waals surface area contributed by atoms with Crippen LogP contribution in [0.15, 0.2) is 23.2 Å². The van der Waals surface area contributed by atoms with Gasteiger partial charge in [-0.15, -0.1) is 35.3 Å². The van der Waals surface area contributed by atoms with E-state index >= 15 is 0 Å². The van der Waals surface area contributed by atoms with Crippen molar-refractivity contribution in [3.8, 4) is 11.5 Å². The molecule has 0 radical (unpaired) electrons. The maximum absolute atomic E-state index is 5.41. The van der Waals surface area contributed by atoms with E-state index in [1.165, 1.54) is 4.88 Å². The molecule has 1 aliphatic rings. The lowest BCUT2D eigenvalue weighted by Crippen LogP contribution is -2.48. The Hall–Kier alpha value is -1.75. The monoisotopic (exact) mass is 559 g/mol. The third kappa shape index (κ3) is 7.13. The van der Waals surface area contributed by atoms with E-state index in [4.69, 9.17) is 14.5 Å². The molecule has 1 fully saturated rings. The van der Waals surface area contributed by atoms with Crippen LogP contribution in [0, 0.1) is 13.8 Å². The smallest absolute Gasteiger partial charge is 0.191 e. The predicted octanol–water partition coefficient (Wildman–Crippen LogP) is 4.12. The molecule has 2 N–H and O–H groups in total. The molecule has 0 unspecified atom stereocenters. The van der Waals surface area contributed by atoms with Gasteiger partial charge in [-0.1, -0.05) is 0 Å². The Morgan fingerprint density at radius 2 is 1.81 bits per heavy atom. The number of hydrogen-bond acceptors (Lipinski definition) is 6. The van der Waals surface area contributed by atoms with Gasteiger partial charge in [0.25, 0.3) is 0 Å². The van der Waals surface area contributed by atoms with E-state index in [9.17, 15) is 0 Å². The number of nitrogens with zero attached hydrogens (tertiary/aromatic N) is 3. The molecule has 1 aromatic carbocycles. The summed E-state index contributed by atoms with van der Waals surface area (Å²) in [6.07, 6.45) is 2.08. The van der Waals surface area contributed by atoms with Crippen LogP contribution in [0.2, 0.25) is 0 Å². The summed E-state index contributed by atoms with van der Waals surface area (Å²) in [5, 5.41) is 8.03. The molecule has 7 nitrogen and oxygen atoms in total. The number of guanidine groups is 1. The molecule has 0 atom stereocenters. The first-order valence-electron chi connectivity index (χ1n) is 10.5. The van der Waals surface area contributed by atoms with Crippen LogP contribution in [0.4, 0.5) is 5.69 Å². The van der Waals surface area contributed by atoms with Gasteiger partial charge in [-0.05, 0) is 33.6 Å². The van der Waals surface area contributed by atoms with Gasteiger partial charge in [0, 0.05) is 54.4 Å². The van der Waals surface area contributed by atoms with Gasteiger partial charge in [0.15, 0.2) is 5.96 Å². The molecule has 2 aromatic rings. The van der Waals surface area contributed by atoms with Gasteiger partial charge in [0.1, 0.15) is 16.5 Å². The van der Waals surface area contributed by atoms with Crippen molar-refractivity contribution in [2.24, 2.45) is 4.99 Å². The molecule has 0 spiro atoms. The van der Waals surface area contributed by atoms with Crippen molar-refractivity contribution >= 4 is 47.0 Å². The number of benzene rings is 1. The van der Waals surface area contributed by atoms with Crippen molar-refractivity contribution in [1.82, 2.24) is 15.6 Å². The summed E-state index contributed by atoms with van der Waals surface area (Å²) in [7, 11) is 3.37. The van der Waals surface area contributed by atoms with E-state index in [1.54, 1.807) is 25.6 Å². The summed E-state index contributed by atoms with van der Waals surface area (Å²) in [6, 6.07) is 6.44. The highest BCUT2D eigenvalue weighted by Gasteiger charge is 2.21. The maximum Gasteiger partial charge on any atom is 0.191 e. The van der Waals surface area contributed by atoms with E-state index in [1.807, 2.05) is 13.0 Å². The third-order valence-corrected chi connectivity index (χ3v) is 6.38. The number of aryl methyl sites for hydroxylation is 2. The average Bonchev–Trinajstić information content (AvgIpc) is 3.09. The molecule has 172 valence electrons. The molecule has 1 aliphatic heterocycles. The second-order valence-corrected chi connectivity index (χ2v) is 8.71. The van der Waals surface area contributed by atoms with Crippen molar-refractivity contribution in [2.75, 3.05) is 38.8 Å². The van der Waals surface area contributed by atoms with E-state index in [0.717, 1.165) is 66.3 Å². The molecular formula is C22H34IN5O2S. The second kappa shape index (κ2) is 12.3. The van der Waals surface area contributed by atoms with Gasteiger partial charge in [-0.25, -0.2) is 9.98 Å². The number of piperidine rings is 1. The quantitative estimate of drug-likeness (QED) is 0.302.